The number of thioether (sulfide) groups is 1. The quantitative estimate of drug-likeness (QED) is 0.784. The zero-order valence-electron chi connectivity index (χ0n) is 16.3. The number of benzene rings is 2. The number of nitrogens with one attached hydrogen (secondary N) is 1. The minimum atomic E-state index is -0.551. The molecule has 1 aliphatic carbocycles. The van der Waals surface area contributed by atoms with Gasteiger partial charge in [-0.3, -0.25) is 14.5 Å². The van der Waals surface area contributed by atoms with Crippen molar-refractivity contribution < 1.29 is 14.0 Å². The minimum absolute atomic E-state index is 0.0210. The number of aliphatic imine (C=N–C) groups is 1. The number of carbonyl (C=O) groups excluding carboxylic acids is 2. The number of amides is 2. The van der Waals surface area contributed by atoms with E-state index in [4.69, 9.17) is 4.99 Å². The summed E-state index contributed by atoms with van der Waals surface area (Å²) in [5, 5.41) is 2.66. The first kappa shape index (κ1) is 19.6. The molecule has 2 aliphatic rings. The zero-order valence-corrected chi connectivity index (χ0v) is 17.1. The van der Waals surface area contributed by atoms with Crippen LogP contribution in [0, 0.1) is 19.7 Å². The molecule has 2 aromatic rings. The summed E-state index contributed by atoms with van der Waals surface area (Å²) in [4.78, 5) is 32.0. The third-order valence-corrected chi connectivity index (χ3v) is 6.20. The standard InChI is InChI=1S/C22H22FN3O2S/c1-13-6-5-7-14(2)20(13)25-22-26(15-10-11-15)21(28)18(29-22)12-19(27)24-17-9-4-3-8-16(17)23/h3-9,15,18H,10-12H2,1-2H3,(H,24,27)/t18-/m0/s1. The summed E-state index contributed by atoms with van der Waals surface area (Å²) < 4.78 is 13.8. The van der Waals surface area contributed by atoms with Gasteiger partial charge in [-0.2, -0.15) is 0 Å². The van der Waals surface area contributed by atoms with Crippen LogP contribution in [-0.2, 0) is 9.59 Å². The largest absolute Gasteiger partial charge is 0.324 e. The number of amidine groups is 1. The Hall–Kier alpha value is -2.67. The van der Waals surface area contributed by atoms with Gasteiger partial charge in [0.2, 0.25) is 11.8 Å². The first-order valence-electron chi connectivity index (χ1n) is 9.63. The number of anilines is 1. The summed E-state index contributed by atoms with van der Waals surface area (Å²) >= 11 is 1.32. The number of carbonyl (C=O) groups is 2. The normalized spacial score (nSPS) is 20.4. The molecule has 2 amide bonds. The van der Waals surface area contributed by atoms with E-state index in [0.29, 0.717) is 5.17 Å². The zero-order chi connectivity index (χ0) is 20.5. The fraction of sp³-hybridized carbons (Fsp3) is 0.318. The third-order valence-electron chi connectivity index (χ3n) is 5.04. The minimum Gasteiger partial charge on any atom is -0.324 e. The average molecular weight is 412 g/mol. The van der Waals surface area contributed by atoms with Crippen molar-refractivity contribution in [2.45, 2.75) is 44.4 Å². The Labute approximate surface area is 173 Å². The van der Waals surface area contributed by atoms with Crippen LogP contribution in [0.3, 0.4) is 0 Å². The topological polar surface area (TPSA) is 61.8 Å². The molecule has 7 heteroatoms. The van der Waals surface area contributed by atoms with Crippen LogP contribution < -0.4 is 5.32 Å². The van der Waals surface area contributed by atoms with Crippen molar-refractivity contribution in [2.75, 3.05) is 5.32 Å². The number of nitrogens with zero attached hydrogens (tertiary/aromatic N) is 2. The molecule has 0 aromatic heterocycles. The average Bonchev–Trinajstić information content (AvgIpc) is 3.46. The molecule has 1 heterocycles. The van der Waals surface area contributed by atoms with E-state index in [-0.39, 0.29) is 30.0 Å². The van der Waals surface area contributed by atoms with E-state index in [1.807, 2.05) is 32.0 Å². The van der Waals surface area contributed by atoms with Gasteiger partial charge in [0, 0.05) is 12.5 Å². The van der Waals surface area contributed by atoms with Crippen molar-refractivity contribution in [1.29, 1.82) is 0 Å². The van der Waals surface area contributed by atoms with Crippen LogP contribution in [-0.4, -0.2) is 33.2 Å². The number of rotatable bonds is 5. The van der Waals surface area contributed by atoms with Crippen molar-refractivity contribution in [1.82, 2.24) is 4.90 Å². The second kappa shape index (κ2) is 7.99. The van der Waals surface area contributed by atoms with E-state index in [2.05, 4.69) is 5.32 Å². The molecule has 1 N–H and O–H groups in total. The van der Waals surface area contributed by atoms with E-state index < -0.39 is 11.1 Å². The lowest BCUT2D eigenvalue weighted by atomic mass is 10.1. The van der Waals surface area contributed by atoms with E-state index in [1.54, 1.807) is 17.0 Å². The highest BCUT2D eigenvalue weighted by atomic mass is 32.2. The molecule has 0 unspecified atom stereocenters. The van der Waals surface area contributed by atoms with Gasteiger partial charge in [0.1, 0.15) is 11.1 Å². The van der Waals surface area contributed by atoms with Crippen LogP contribution >= 0.6 is 11.8 Å². The molecule has 2 fully saturated rings. The molecule has 1 atom stereocenters. The van der Waals surface area contributed by atoms with Crippen LogP contribution in [0.4, 0.5) is 15.8 Å². The van der Waals surface area contributed by atoms with E-state index in [0.717, 1.165) is 29.7 Å². The monoisotopic (exact) mass is 411 g/mol. The molecule has 29 heavy (non-hydrogen) atoms. The maximum absolute atomic E-state index is 13.8. The Kier molecular flexibility index (Phi) is 5.41. The summed E-state index contributed by atoms with van der Waals surface area (Å²) in [5.41, 5.74) is 3.07. The van der Waals surface area contributed by atoms with Gasteiger partial charge in [0.25, 0.3) is 0 Å². The predicted octanol–water partition coefficient (Wildman–Crippen LogP) is 4.57. The van der Waals surface area contributed by atoms with Gasteiger partial charge in [-0.1, -0.05) is 42.1 Å². The van der Waals surface area contributed by atoms with E-state index in [9.17, 15) is 14.0 Å². The molecule has 1 aliphatic heterocycles. The highest BCUT2D eigenvalue weighted by Gasteiger charge is 2.46. The van der Waals surface area contributed by atoms with Gasteiger partial charge >= 0.3 is 0 Å². The van der Waals surface area contributed by atoms with Crippen LogP contribution in [0.25, 0.3) is 0 Å². The Balaban J connectivity index is 1.54. The number of hydrogen-bond donors (Lipinski definition) is 1. The molecule has 5 nitrogen and oxygen atoms in total. The summed E-state index contributed by atoms with van der Waals surface area (Å²) in [6, 6.07) is 12.1. The smallest absolute Gasteiger partial charge is 0.242 e. The first-order valence-corrected chi connectivity index (χ1v) is 10.5. The SMILES string of the molecule is Cc1cccc(C)c1N=C1S[C@@H](CC(=O)Nc2ccccc2F)C(=O)N1C1CC1. The number of hydrogen-bond acceptors (Lipinski definition) is 4. The Morgan fingerprint density at radius 3 is 2.52 bits per heavy atom. The van der Waals surface area contributed by atoms with Crippen molar-refractivity contribution in [3.05, 3.63) is 59.4 Å². The van der Waals surface area contributed by atoms with Gasteiger partial charge in [-0.05, 0) is 49.9 Å². The molecule has 0 bridgehead atoms. The highest BCUT2D eigenvalue weighted by Crippen LogP contribution is 2.40. The third kappa shape index (κ3) is 4.19. The predicted molar refractivity (Wildman–Crippen MR) is 114 cm³/mol. The molecule has 4 rings (SSSR count). The van der Waals surface area contributed by atoms with Crippen LogP contribution in [0.5, 0.6) is 0 Å². The molecular formula is C22H22FN3O2S. The Morgan fingerprint density at radius 1 is 1.17 bits per heavy atom. The van der Waals surface area contributed by atoms with Gasteiger partial charge in [-0.25, -0.2) is 9.38 Å². The van der Waals surface area contributed by atoms with Gasteiger partial charge in [-0.15, -0.1) is 0 Å². The maximum atomic E-state index is 13.8. The van der Waals surface area contributed by atoms with Gasteiger partial charge in [0.05, 0.1) is 11.4 Å². The van der Waals surface area contributed by atoms with Crippen molar-refractivity contribution in [2.24, 2.45) is 4.99 Å². The Bertz CT molecular complexity index is 983. The van der Waals surface area contributed by atoms with Crippen LogP contribution in [0.1, 0.15) is 30.4 Å². The molecule has 1 saturated heterocycles. The van der Waals surface area contributed by atoms with Crippen LogP contribution in [0.2, 0.25) is 0 Å². The van der Waals surface area contributed by atoms with Crippen molar-refractivity contribution in [3.63, 3.8) is 0 Å². The second-order valence-electron chi connectivity index (χ2n) is 7.41. The summed E-state index contributed by atoms with van der Waals surface area (Å²) in [6.45, 7) is 3.99. The number of para-hydroxylation sites is 2. The molecule has 150 valence electrons. The van der Waals surface area contributed by atoms with Gasteiger partial charge < -0.3 is 5.32 Å². The lowest BCUT2D eigenvalue weighted by molar-refractivity contribution is -0.128. The molecule has 2 aromatic carbocycles. The fourth-order valence-corrected chi connectivity index (χ4v) is 4.57. The molecule has 0 radical (unpaired) electrons. The van der Waals surface area contributed by atoms with E-state index in [1.165, 1.54) is 23.9 Å². The lowest BCUT2D eigenvalue weighted by Crippen LogP contribution is -2.35. The molecule has 1 saturated carbocycles. The highest BCUT2D eigenvalue weighted by molar-refractivity contribution is 8.15. The van der Waals surface area contributed by atoms with Crippen molar-refractivity contribution in [3.8, 4) is 0 Å². The molecule has 0 spiro atoms. The number of halogens is 1. The first-order chi connectivity index (χ1) is 13.9. The second-order valence-corrected chi connectivity index (χ2v) is 8.58. The molecular weight excluding hydrogens is 389 g/mol. The Morgan fingerprint density at radius 2 is 1.86 bits per heavy atom. The van der Waals surface area contributed by atoms with E-state index >= 15 is 0 Å². The summed E-state index contributed by atoms with van der Waals surface area (Å²) in [7, 11) is 0. The number of aryl methyl sites for hydroxylation is 2. The van der Waals surface area contributed by atoms with Crippen LogP contribution in [0.15, 0.2) is 47.5 Å². The van der Waals surface area contributed by atoms with Gasteiger partial charge in [0.15, 0.2) is 5.17 Å². The fourth-order valence-electron chi connectivity index (χ4n) is 3.37. The summed E-state index contributed by atoms with van der Waals surface area (Å²) in [5.74, 6) is -0.973. The summed E-state index contributed by atoms with van der Waals surface area (Å²) in [6.07, 6.45) is 1.88. The lowest BCUT2D eigenvalue weighted by Gasteiger charge is -2.16. The maximum Gasteiger partial charge on any atom is 0.242 e. The van der Waals surface area contributed by atoms with Crippen molar-refractivity contribution >= 4 is 40.1 Å².